The molecule has 0 unspecified atom stereocenters. The van der Waals surface area contributed by atoms with Crippen LogP contribution in [0.5, 0.6) is 5.75 Å². The number of benzene rings is 2. The molecule has 2 amide bonds. The Hall–Kier alpha value is -3.35. The summed E-state index contributed by atoms with van der Waals surface area (Å²) in [7, 11) is 0. The van der Waals surface area contributed by atoms with Crippen molar-refractivity contribution in [2.24, 2.45) is 11.5 Å². The fraction of sp³-hybridized carbons (Fsp3) is 0.273. The maximum Gasteiger partial charge on any atom is 0.252 e. The number of hydrogen-bond donors (Lipinski definition) is 2. The molecule has 7 heteroatoms. The molecule has 1 saturated carbocycles. The van der Waals surface area contributed by atoms with Crippen LogP contribution in [0.1, 0.15) is 46.5 Å². The Bertz CT molecular complexity index is 1130. The number of rotatable bonds is 6. The summed E-state index contributed by atoms with van der Waals surface area (Å²) >= 11 is 0. The van der Waals surface area contributed by atoms with E-state index in [1.165, 1.54) is 6.07 Å². The zero-order chi connectivity index (χ0) is 20.8. The smallest absolute Gasteiger partial charge is 0.252 e. The van der Waals surface area contributed by atoms with Gasteiger partial charge in [-0.2, -0.15) is 0 Å². The zero-order valence-electron chi connectivity index (χ0n) is 16.0. The van der Waals surface area contributed by atoms with Gasteiger partial charge >= 0.3 is 0 Å². The first-order chi connectivity index (χ1) is 13.8. The maximum atomic E-state index is 14.0. The highest BCUT2D eigenvalue weighted by Crippen LogP contribution is 2.51. The molecule has 2 aromatic carbocycles. The number of carbonyl (C=O) groups is 2. The van der Waals surface area contributed by atoms with Crippen LogP contribution in [0.25, 0.3) is 11.0 Å². The van der Waals surface area contributed by atoms with Crippen molar-refractivity contribution in [3.05, 3.63) is 64.7 Å². The fourth-order valence-electron chi connectivity index (χ4n) is 4.10. The number of halogens is 1. The Morgan fingerprint density at radius 2 is 1.90 bits per heavy atom. The first kappa shape index (κ1) is 19.0. The second-order valence-electron chi connectivity index (χ2n) is 7.39. The van der Waals surface area contributed by atoms with Crippen molar-refractivity contribution in [1.82, 2.24) is 0 Å². The molecule has 4 N–H and O–H groups in total. The molecule has 0 aliphatic heterocycles. The summed E-state index contributed by atoms with van der Waals surface area (Å²) in [5.74, 6) is -0.823. The number of hydrogen-bond acceptors (Lipinski definition) is 4. The Morgan fingerprint density at radius 1 is 1.17 bits per heavy atom. The van der Waals surface area contributed by atoms with Gasteiger partial charge < -0.3 is 20.6 Å². The van der Waals surface area contributed by atoms with Gasteiger partial charge in [0.2, 0.25) is 5.91 Å². The first-order valence-corrected chi connectivity index (χ1v) is 9.37. The molecule has 4 rings (SSSR count). The predicted octanol–water partition coefficient (Wildman–Crippen LogP) is 3.47. The molecule has 0 radical (unpaired) electrons. The van der Waals surface area contributed by atoms with Gasteiger partial charge in [-0.25, -0.2) is 4.39 Å². The molecule has 3 aromatic rings. The molecule has 150 valence electrons. The molecule has 1 aromatic heterocycles. The van der Waals surface area contributed by atoms with E-state index in [0.717, 1.165) is 6.42 Å². The molecule has 0 saturated heterocycles. The van der Waals surface area contributed by atoms with Gasteiger partial charge in [0.05, 0.1) is 11.0 Å². The third-order valence-electron chi connectivity index (χ3n) is 5.74. The molecular formula is C22H21FN2O4. The number of amides is 2. The monoisotopic (exact) mass is 396 g/mol. The normalized spacial score (nSPS) is 15.1. The number of primary amides is 2. The van der Waals surface area contributed by atoms with Crippen LogP contribution in [-0.4, -0.2) is 11.8 Å². The summed E-state index contributed by atoms with van der Waals surface area (Å²) < 4.78 is 25.7. The van der Waals surface area contributed by atoms with E-state index >= 15 is 0 Å². The van der Waals surface area contributed by atoms with E-state index in [0.29, 0.717) is 46.4 Å². The lowest BCUT2D eigenvalue weighted by Gasteiger charge is -2.40. The summed E-state index contributed by atoms with van der Waals surface area (Å²) in [6, 6.07) is 9.60. The largest absolute Gasteiger partial charge is 0.488 e. The van der Waals surface area contributed by atoms with Gasteiger partial charge in [-0.05, 0) is 38.0 Å². The number of aryl methyl sites for hydroxylation is 1. The van der Waals surface area contributed by atoms with Crippen molar-refractivity contribution >= 4 is 22.8 Å². The Balaban J connectivity index is 1.91. The van der Waals surface area contributed by atoms with Crippen LogP contribution < -0.4 is 16.2 Å². The van der Waals surface area contributed by atoms with E-state index < -0.39 is 17.2 Å². The van der Waals surface area contributed by atoms with Gasteiger partial charge in [-0.3, -0.25) is 9.59 Å². The van der Waals surface area contributed by atoms with Crippen LogP contribution in [0.15, 0.2) is 40.8 Å². The molecule has 29 heavy (non-hydrogen) atoms. The van der Waals surface area contributed by atoms with Gasteiger partial charge in [0.25, 0.3) is 5.91 Å². The van der Waals surface area contributed by atoms with Crippen molar-refractivity contribution in [3.8, 4) is 5.75 Å². The Kier molecular flexibility index (Phi) is 4.53. The number of carbonyl (C=O) groups excluding carboxylic acids is 2. The molecule has 1 heterocycles. The number of nitrogens with two attached hydrogens (primary N) is 2. The second-order valence-corrected chi connectivity index (χ2v) is 7.39. The molecule has 1 fully saturated rings. The maximum absolute atomic E-state index is 14.0. The highest BCUT2D eigenvalue weighted by molar-refractivity contribution is 6.10. The standard InChI is InChI=1S/C22H21FN2O4/c1-12-17(20(24)26)18-15(29-12)7-8-16(19(18)22(21(25)27)9-4-10-22)28-11-13-5-2-3-6-14(13)23/h2-3,5-8H,4,9-11H2,1H3,(H2,24,26)(H2,25,27). The Labute approximate surface area is 166 Å². The first-order valence-electron chi connectivity index (χ1n) is 9.37. The van der Waals surface area contributed by atoms with Gasteiger partial charge in [0, 0.05) is 16.5 Å². The van der Waals surface area contributed by atoms with Gasteiger partial charge in [-0.1, -0.05) is 24.6 Å². The quantitative estimate of drug-likeness (QED) is 0.665. The van der Waals surface area contributed by atoms with E-state index in [2.05, 4.69) is 0 Å². The second kappa shape index (κ2) is 6.92. The van der Waals surface area contributed by atoms with Crippen LogP contribution >= 0.6 is 0 Å². The molecule has 1 aliphatic carbocycles. The van der Waals surface area contributed by atoms with Crippen LogP contribution in [0.3, 0.4) is 0 Å². The predicted molar refractivity (Wildman–Crippen MR) is 105 cm³/mol. The van der Waals surface area contributed by atoms with Gasteiger partial charge in [0.1, 0.15) is 29.5 Å². The van der Waals surface area contributed by atoms with Crippen LogP contribution in [0, 0.1) is 12.7 Å². The number of furan rings is 1. The molecule has 0 spiro atoms. The van der Waals surface area contributed by atoms with E-state index in [1.807, 2.05) is 0 Å². The Morgan fingerprint density at radius 3 is 2.48 bits per heavy atom. The summed E-state index contributed by atoms with van der Waals surface area (Å²) in [6.07, 6.45) is 1.87. The summed E-state index contributed by atoms with van der Waals surface area (Å²) in [5.41, 5.74) is 11.9. The lowest BCUT2D eigenvalue weighted by atomic mass is 9.62. The van der Waals surface area contributed by atoms with Crippen molar-refractivity contribution < 1.29 is 23.1 Å². The van der Waals surface area contributed by atoms with E-state index in [-0.39, 0.29) is 18.0 Å². The molecular weight excluding hydrogens is 375 g/mol. The van der Waals surface area contributed by atoms with Crippen molar-refractivity contribution in [2.45, 2.75) is 38.2 Å². The van der Waals surface area contributed by atoms with Crippen LogP contribution in [0.2, 0.25) is 0 Å². The third-order valence-corrected chi connectivity index (χ3v) is 5.74. The SMILES string of the molecule is Cc1oc2ccc(OCc3ccccc3F)c(C3(C(N)=O)CCC3)c2c1C(N)=O. The van der Waals surface area contributed by atoms with E-state index in [1.54, 1.807) is 37.3 Å². The molecule has 1 aliphatic rings. The third kappa shape index (κ3) is 2.93. The van der Waals surface area contributed by atoms with E-state index in [4.69, 9.17) is 20.6 Å². The van der Waals surface area contributed by atoms with Crippen molar-refractivity contribution in [2.75, 3.05) is 0 Å². The summed E-state index contributed by atoms with van der Waals surface area (Å²) in [6.45, 7) is 1.60. The van der Waals surface area contributed by atoms with E-state index in [9.17, 15) is 14.0 Å². The molecule has 6 nitrogen and oxygen atoms in total. The van der Waals surface area contributed by atoms with Crippen LogP contribution in [0.4, 0.5) is 4.39 Å². The molecule has 0 bridgehead atoms. The lowest BCUT2D eigenvalue weighted by molar-refractivity contribution is -0.126. The highest BCUT2D eigenvalue weighted by Gasteiger charge is 2.48. The molecule has 0 atom stereocenters. The topological polar surface area (TPSA) is 109 Å². The number of fused-ring (bicyclic) bond motifs is 1. The summed E-state index contributed by atoms with van der Waals surface area (Å²) in [5, 5.41) is 0.444. The average Bonchev–Trinajstić information content (AvgIpc) is 2.97. The lowest BCUT2D eigenvalue weighted by Crippen LogP contribution is -2.47. The number of ether oxygens (including phenoxy) is 1. The van der Waals surface area contributed by atoms with Crippen molar-refractivity contribution in [1.29, 1.82) is 0 Å². The zero-order valence-corrected chi connectivity index (χ0v) is 16.0. The van der Waals surface area contributed by atoms with Crippen molar-refractivity contribution in [3.63, 3.8) is 0 Å². The average molecular weight is 396 g/mol. The fourth-order valence-corrected chi connectivity index (χ4v) is 4.10. The minimum absolute atomic E-state index is 0.0389. The highest BCUT2D eigenvalue weighted by atomic mass is 19.1. The minimum atomic E-state index is -0.982. The van der Waals surface area contributed by atoms with Gasteiger partial charge in [-0.15, -0.1) is 0 Å². The van der Waals surface area contributed by atoms with Gasteiger partial charge in [0.15, 0.2) is 0 Å². The minimum Gasteiger partial charge on any atom is -0.488 e. The van der Waals surface area contributed by atoms with Crippen LogP contribution in [-0.2, 0) is 16.8 Å². The summed E-state index contributed by atoms with van der Waals surface area (Å²) in [4.78, 5) is 24.6.